The van der Waals surface area contributed by atoms with Crippen LogP contribution in [0.4, 0.5) is 0 Å². The van der Waals surface area contributed by atoms with Gasteiger partial charge in [-0.25, -0.2) is 0 Å². The van der Waals surface area contributed by atoms with Gasteiger partial charge in [0.1, 0.15) is 11.7 Å². The van der Waals surface area contributed by atoms with Gasteiger partial charge in [0.15, 0.2) is 6.29 Å². The Bertz CT molecular complexity index is 946. The minimum absolute atomic E-state index is 0.0687. The Labute approximate surface area is 186 Å². The summed E-state index contributed by atoms with van der Waals surface area (Å²) in [4.78, 5) is 2.88. The zero-order valence-corrected chi connectivity index (χ0v) is 17.7. The first-order chi connectivity index (χ1) is 15.7. The maximum Gasteiger partial charge on any atom is 0.184 e. The Morgan fingerprint density at radius 3 is 1.78 bits per heavy atom. The van der Waals surface area contributed by atoms with Crippen LogP contribution in [0.5, 0.6) is 0 Å². The molecule has 0 unspecified atom stereocenters. The highest BCUT2D eigenvalue weighted by molar-refractivity contribution is 5.47. The molecule has 1 N–H and O–H groups in total. The highest BCUT2D eigenvalue weighted by Crippen LogP contribution is 2.41. The molecule has 32 heavy (non-hydrogen) atoms. The molecule has 0 bridgehead atoms. The van der Waals surface area contributed by atoms with E-state index >= 15 is 0 Å². The number of ether oxygens (including phenoxy) is 3. The fourth-order valence-electron chi connectivity index (χ4n) is 4.23. The first kappa shape index (κ1) is 22.0. The number of benzene rings is 3. The monoisotopic (exact) mass is 431 g/mol. The minimum Gasteiger partial charge on any atom is -0.387 e. The molecule has 4 rings (SSSR count). The number of hydrogen-bond acceptors (Lipinski definition) is 5. The quantitative estimate of drug-likeness (QED) is 0.247. The topological polar surface area (TPSA) is 96.7 Å². The molecule has 1 fully saturated rings. The summed E-state index contributed by atoms with van der Waals surface area (Å²) in [5.41, 5.74) is 10.9. The molecule has 1 heterocycles. The van der Waals surface area contributed by atoms with Crippen molar-refractivity contribution in [2.24, 2.45) is 5.11 Å². The summed E-state index contributed by atoms with van der Waals surface area (Å²) in [7, 11) is 1.44. The molecule has 164 valence electrons. The molecule has 1 aliphatic heterocycles. The lowest BCUT2D eigenvalue weighted by Gasteiger charge is -2.37. The average Bonchev–Trinajstić information content (AvgIpc) is 3.16. The molecular weight excluding hydrogens is 406 g/mol. The Kier molecular flexibility index (Phi) is 6.85. The van der Waals surface area contributed by atoms with Gasteiger partial charge >= 0.3 is 0 Å². The number of hydrogen-bond donors (Lipinski definition) is 1. The molecule has 3 aromatic carbocycles. The van der Waals surface area contributed by atoms with Gasteiger partial charge in [-0.3, -0.25) is 0 Å². The van der Waals surface area contributed by atoms with E-state index in [9.17, 15) is 5.11 Å². The van der Waals surface area contributed by atoms with Crippen LogP contribution in [0, 0.1) is 0 Å². The van der Waals surface area contributed by atoms with Crippen molar-refractivity contribution < 1.29 is 19.3 Å². The van der Waals surface area contributed by atoms with Crippen molar-refractivity contribution in [3.8, 4) is 0 Å². The van der Waals surface area contributed by atoms with Crippen LogP contribution in [0.25, 0.3) is 10.4 Å². The molecule has 1 aliphatic rings. The first-order valence-corrected chi connectivity index (χ1v) is 10.4. The van der Waals surface area contributed by atoms with Crippen molar-refractivity contribution in [2.75, 3.05) is 13.7 Å². The predicted octanol–water partition coefficient (Wildman–Crippen LogP) is 4.41. The van der Waals surface area contributed by atoms with E-state index in [0.717, 1.165) is 16.7 Å². The van der Waals surface area contributed by atoms with Crippen LogP contribution in [-0.4, -0.2) is 43.4 Å². The Morgan fingerprint density at radius 2 is 1.38 bits per heavy atom. The lowest BCUT2D eigenvalue weighted by molar-refractivity contribution is -0.162. The molecule has 0 aliphatic carbocycles. The molecule has 0 radical (unpaired) electrons. The fraction of sp³-hybridized carbons (Fsp3) is 0.280. The van der Waals surface area contributed by atoms with Gasteiger partial charge in [0, 0.05) is 12.0 Å². The maximum absolute atomic E-state index is 10.5. The summed E-state index contributed by atoms with van der Waals surface area (Å²) in [6.45, 7) is 0.0687. The lowest BCUT2D eigenvalue weighted by Crippen LogP contribution is -2.39. The van der Waals surface area contributed by atoms with E-state index in [1.54, 1.807) is 0 Å². The van der Waals surface area contributed by atoms with Gasteiger partial charge in [0.25, 0.3) is 0 Å². The fourth-order valence-corrected chi connectivity index (χ4v) is 4.23. The minimum atomic E-state index is -1.08. The van der Waals surface area contributed by atoms with Crippen LogP contribution < -0.4 is 0 Å². The van der Waals surface area contributed by atoms with Crippen molar-refractivity contribution in [1.82, 2.24) is 0 Å². The second kappa shape index (κ2) is 9.96. The third-order valence-electron chi connectivity index (χ3n) is 5.74. The molecule has 7 heteroatoms. The SMILES string of the molecule is CO[C@@H]1O[C@H](COC(c2ccccc2)(c2ccccc2)c2ccccc2)[C@@H](N=[N+]=[N-])[C@H]1O. The molecule has 4 atom stereocenters. The summed E-state index contributed by atoms with van der Waals surface area (Å²) < 4.78 is 17.7. The second-order valence-corrected chi connectivity index (χ2v) is 7.55. The van der Waals surface area contributed by atoms with Gasteiger partial charge in [-0.15, -0.1) is 0 Å². The standard InChI is InChI=1S/C25H25N3O4/c1-30-24-23(29)22(27-28-26)21(32-24)17-31-25(18-11-5-2-6-12-18,19-13-7-3-8-14-19)20-15-9-4-10-16-20/h2-16,21-24,29H,17H2,1H3/t21-,22-,23-,24-/m1/s1. The second-order valence-electron chi connectivity index (χ2n) is 7.55. The summed E-state index contributed by atoms with van der Waals surface area (Å²) in [5, 5.41) is 14.2. The Hall–Kier alpha value is -3.19. The van der Waals surface area contributed by atoms with E-state index < -0.39 is 30.1 Å². The van der Waals surface area contributed by atoms with Gasteiger partial charge in [0.05, 0.1) is 18.8 Å². The number of rotatable bonds is 8. The van der Waals surface area contributed by atoms with Gasteiger partial charge in [-0.2, -0.15) is 0 Å². The van der Waals surface area contributed by atoms with Crippen LogP contribution in [0.1, 0.15) is 16.7 Å². The molecule has 0 saturated carbocycles. The van der Waals surface area contributed by atoms with Crippen molar-refractivity contribution in [3.63, 3.8) is 0 Å². The number of azide groups is 1. The lowest BCUT2D eigenvalue weighted by atomic mass is 9.80. The molecule has 7 nitrogen and oxygen atoms in total. The van der Waals surface area contributed by atoms with Gasteiger partial charge in [-0.05, 0) is 22.2 Å². The van der Waals surface area contributed by atoms with Gasteiger partial charge in [-0.1, -0.05) is 96.1 Å². The third-order valence-corrected chi connectivity index (χ3v) is 5.74. The highest BCUT2D eigenvalue weighted by atomic mass is 16.7. The van der Waals surface area contributed by atoms with Gasteiger partial charge in [0.2, 0.25) is 0 Å². The molecule has 1 saturated heterocycles. The van der Waals surface area contributed by atoms with E-state index in [4.69, 9.17) is 19.7 Å². The summed E-state index contributed by atoms with van der Waals surface area (Å²) in [6.07, 6.45) is -2.65. The van der Waals surface area contributed by atoms with E-state index in [2.05, 4.69) is 10.0 Å². The van der Waals surface area contributed by atoms with Crippen molar-refractivity contribution in [2.45, 2.75) is 30.1 Å². The van der Waals surface area contributed by atoms with Crippen molar-refractivity contribution in [3.05, 3.63) is 118 Å². The van der Waals surface area contributed by atoms with Crippen molar-refractivity contribution in [1.29, 1.82) is 0 Å². The number of nitrogens with zero attached hydrogens (tertiary/aromatic N) is 3. The maximum atomic E-state index is 10.5. The zero-order chi connectivity index (χ0) is 22.4. The van der Waals surface area contributed by atoms with Crippen LogP contribution >= 0.6 is 0 Å². The van der Waals surface area contributed by atoms with Gasteiger partial charge < -0.3 is 19.3 Å². The number of methoxy groups -OCH3 is 1. The van der Waals surface area contributed by atoms with Crippen molar-refractivity contribution >= 4 is 0 Å². The first-order valence-electron chi connectivity index (χ1n) is 10.4. The summed E-state index contributed by atoms with van der Waals surface area (Å²) in [5.74, 6) is 0. The smallest absolute Gasteiger partial charge is 0.184 e. The van der Waals surface area contributed by atoms with E-state index in [1.165, 1.54) is 7.11 Å². The van der Waals surface area contributed by atoms with E-state index in [0.29, 0.717) is 0 Å². The Balaban J connectivity index is 1.79. The molecule has 0 aromatic heterocycles. The molecular formula is C25H25N3O4. The number of aliphatic hydroxyl groups is 1. The molecule has 3 aromatic rings. The van der Waals surface area contributed by atoms with Crippen LogP contribution in [0.3, 0.4) is 0 Å². The Morgan fingerprint density at radius 1 is 0.906 bits per heavy atom. The van der Waals surface area contributed by atoms with E-state index in [1.807, 2.05) is 91.0 Å². The van der Waals surface area contributed by atoms with Crippen LogP contribution in [0.15, 0.2) is 96.1 Å². The molecule has 0 amide bonds. The number of aliphatic hydroxyl groups excluding tert-OH is 1. The average molecular weight is 431 g/mol. The van der Waals surface area contributed by atoms with Crippen LogP contribution in [-0.2, 0) is 19.8 Å². The third kappa shape index (κ3) is 4.12. The largest absolute Gasteiger partial charge is 0.387 e. The predicted molar refractivity (Wildman–Crippen MR) is 120 cm³/mol. The zero-order valence-electron chi connectivity index (χ0n) is 17.7. The molecule has 0 spiro atoms. The van der Waals surface area contributed by atoms with Crippen LogP contribution in [0.2, 0.25) is 0 Å². The summed E-state index contributed by atoms with van der Waals surface area (Å²) in [6, 6.07) is 29.0. The normalized spacial score (nSPS) is 22.9. The summed E-state index contributed by atoms with van der Waals surface area (Å²) >= 11 is 0. The highest BCUT2D eigenvalue weighted by Gasteiger charge is 2.46. The van der Waals surface area contributed by atoms with E-state index in [-0.39, 0.29) is 6.61 Å².